The maximum atomic E-state index is 14.4. The van der Waals surface area contributed by atoms with E-state index in [1.54, 1.807) is 37.4 Å². The zero-order valence-electron chi connectivity index (χ0n) is 12.4. The zero-order chi connectivity index (χ0) is 16.4. The number of nitrogens with one attached hydrogen (secondary N) is 1. The summed E-state index contributed by atoms with van der Waals surface area (Å²) < 4.78 is 40.6. The van der Waals surface area contributed by atoms with E-state index in [4.69, 9.17) is 0 Å². The van der Waals surface area contributed by atoms with E-state index < -0.39 is 5.82 Å². The van der Waals surface area contributed by atoms with E-state index in [2.05, 4.69) is 5.32 Å². The molecule has 3 aromatic carbocycles. The van der Waals surface area contributed by atoms with E-state index in [1.807, 2.05) is 0 Å². The van der Waals surface area contributed by atoms with Crippen molar-refractivity contribution in [3.63, 3.8) is 0 Å². The molecule has 0 fully saturated rings. The summed E-state index contributed by atoms with van der Waals surface area (Å²) in [5.74, 6) is -1.12. The average molecular weight is 313 g/mol. The Hall–Kier alpha value is -2.75. The molecule has 0 atom stereocenters. The summed E-state index contributed by atoms with van der Waals surface area (Å²) in [6, 6.07) is 14.9. The summed E-state index contributed by atoms with van der Waals surface area (Å²) >= 11 is 0. The Kier molecular flexibility index (Phi) is 4.06. The first-order valence-electron chi connectivity index (χ1n) is 7.11. The Morgan fingerprint density at radius 1 is 0.652 bits per heavy atom. The highest BCUT2D eigenvalue weighted by atomic mass is 19.1. The van der Waals surface area contributed by atoms with Gasteiger partial charge in [0.1, 0.15) is 17.5 Å². The van der Waals surface area contributed by atoms with Crippen LogP contribution >= 0.6 is 0 Å². The molecule has 0 aromatic heterocycles. The molecule has 0 saturated heterocycles. The topological polar surface area (TPSA) is 12.0 Å². The van der Waals surface area contributed by atoms with Crippen molar-refractivity contribution in [1.29, 1.82) is 0 Å². The minimum atomic E-state index is -0.423. The first-order chi connectivity index (χ1) is 11.1. The highest BCUT2D eigenvalue weighted by Crippen LogP contribution is 2.35. The predicted molar refractivity (Wildman–Crippen MR) is 86.7 cm³/mol. The summed E-state index contributed by atoms with van der Waals surface area (Å²) in [7, 11) is 1.63. The quantitative estimate of drug-likeness (QED) is 0.675. The molecule has 3 aromatic rings. The van der Waals surface area contributed by atoms with Crippen LogP contribution in [0.15, 0.2) is 60.7 Å². The van der Waals surface area contributed by atoms with Gasteiger partial charge in [-0.3, -0.25) is 0 Å². The fraction of sp³-hybridized carbons (Fsp3) is 0.0526. The molecule has 0 aliphatic carbocycles. The van der Waals surface area contributed by atoms with Crippen molar-refractivity contribution >= 4 is 5.69 Å². The lowest BCUT2D eigenvalue weighted by molar-refractivity contribution is 0.627. The molecule has 0 aliphatic rings. The van der Waals surface area contributed by atoms with E-state index in [9.17, 15) is 13.2 Å². The molecule has 0 amide bonds. The number of benzene rings is 3. The van der Waals surface area contributed by atoms with Crippen LogP contribution in [-0.4, -0.2) is 7.05 Å². The van der Waals surface area contributed by atoms with Crippen molar-refractivity contribution < 1.29 is 13.2 Å². The monoisotopic (exact) mass is 313 g/mol. The summed E-state index contributed by atoms with van der Waals surface area (Å²) in [5, 5.41) is 2.84. The van der Waals surface area contributed by atoms with Gasteiger partial charge in [-0.25, -0.2) is 13.2 Å². The van der Waals surface area contributed by atoms with Crippen molar-refractivity contribution in [2.24, 2.45) is 0 Å². The summed E-state index contributed by atoms with van der Waals surface area (Å²) in [4.78, 5) is 0. The summed E-state index contributed by atoms with van der Waals surface area (Å²) in [6.07, 6.45) is 0. The summed E-state index contributed by atoms with van der Waals surface area (Å²) in [6.45, 7) is 0. The van der Waals surface area contributed by atoms with Crippen molar-refractivity contribution in [3.05, 3.63) is 78.1 Å². The molecule has 0 saturated carbocycles. The number of hydrogen-bond acceptors (Lipinski definition) is 1. The molecule has 3 rings (SSSR count). The smallest absolute Gasteiger partial charge is 0.147 e. The molecule has 0 heterocycles. The van der Waals surface area contributed by atoms with Crippen LogP contribution in [0.2, 0.25) is 0 Å². The lowest BCUT2D eigenvalue weighted by atomic mass is 9.97. The Labute approximate surface area is 132 Å². The minimum Gasteiger partial charge on any atom is -0.385 e. The number of halogens is 3. The van der Waals surface area contributed by atoms with E-state index in [0.29, 0.717) is 27.9 Å². The van der Waals surface area contributed by atoms with Crippen molar-refractivity contribution in [2.75, 3.05) is 12.4 Å². The van der Waals surface area contributed by atoms with Crippen LogP contribution in [0.4, 0.5) is 18.9 Å². The van der Waals surface area contributed by atoms with Crippen molar-refractivity contribution in [3.8, 4) is 22.3 Å². The lowest BCUT2D eigenvalue weighted by Crippen LogP contribution is -1.97. The number of rotatable bonds is 3. The number of hydrogen-bond donors (Lipinski definition) is 1. The fourth-order valence-electron chi connectivity index (χ4n) is 2.53. The lowest BCUT2D eigenvalue weighted by Gasteiger charge is -2.13. The van der Waals surface area contributed by atoms with Crippen LogP contribution in [0.3, 0.4) is 0 Å². The SMILES string of the molecule is CNc1c(F)cc(-c2ccc(F)cc2)cc1-c1ccc(F)cc1. The largest absolute Gasteiger partial charge is 0.385 e. The van der Waals surface area contributed by atoms with E-state index in [1.165, 1.54) is 30.3 Å². The third kappa shape index (κ3) is 3.06. The molecule has 0 radical (unpaired) electrons. The van der Waals surface area contributed by atoms with Crippen LogP contribution in [0.1, 0.15) is 0 Å². The highest BCUT2D eigenvalue weighted by molar-refractivity contribution is 5.83. The second-order valence-electron chi connectivity index (χ2n) is 5.14. The molecule has 4 heteroatoms. The van der Waals surface area contributed by atoms with E-state index >= 15 is 0 Å². The first kappa shape index (κ1) is 15.2. The van der Waals surface area contributed by atoms with Gasteiger partial charge in [0.05, 0.1) is 5.69 Å². The van der Waals surface area contributed by atoms with Gasteiger partial charge >= 0.3 is 0 Å². The third-order valence-corrected chi connectivity index (χ3v) is 3.67. The van der Waals surface area contributed by atoms with Gasteiger partial charge < -0.3 is 5.32 Å². The molecular formula is C19H14F3N. The van der Waals surface area contributed by atoms with Gasteiger partial charge in [-0.1, -0.05) is 24.3 Å². The van der Waals surface area contributed by atoms with E-state index in [0.717, 1.165) is 0 Å². The average Bonchev–Trinajstić information content (AvgIpc) is 2.55. The van der Waals surface area contributed by atoms with Gasteiger partial charge in [-0.2, -0.15) is 0 Å². The number of anilines is 1. The van der Waals surface area contributed by atoms with Crippen LogP contribution in [0, 0.1) is 17.5 Å². The molecule has 1 nitrogen and oxygen atoms in total. The maximum Gasteiger partial charge on any atom is 0.147 e. The second kappa shape index (κ2) is 6.16. The fourth-order valence-corrected chi connectivity index (χ4v) is 2.53. The zero-order valence-corrected chi connectivity index (χ0v) is 12.4. The minimum absolute atomic E-state index is 0.336. The normalized spacial score (nSPS) is 10.6. The van der Waals surface area contributed by atoms with Crippen LogP contribution < -0.4 is 5.32 Å². The van der Waals surface area contributed by atoms with Crippen molar-refractivity contribution in [1.82, 2.24) is 0 Å². The van der Waals surface area contributed by atoms with Crippen LogP contribution in [0.25, 0.3) is 22.3 Å². The molecule has 0 spiro atoms. The molecular weight excluding hydrogens is 299 g/mol. The van der Waals surface area contributed by atoms with Gasteiger partial charge in [0.2, 0.25) is 0 Å². The van der Waals surface area contributed by atoms with Crippen molar-refractivity contribution in [2.45, 2.75) is 0 Å². The van der Waals surface area contributed by atoms with Gasteiger partial charge in [-0.05, 0) is 53.1 Å². The Morgan fingerprint density at radius 3 is 1.70 bits per heavy atom. The Bertz CT molecular complexity index is 824. The van der Waals surface area contributed by atoms with Crippen LogP contribution in [-0.2, 0) is 0 Å². The second-order valence-corrected chi connectivity index (χ2v) is 5.14. The maximum absolute atomic E-state index is 14.4. The Balaban J connectivity index is 2.17. The van der Waals surface area contributed by atoms with Gasteiger partial charge in [0.25, 0.3) is 0 Å². The third-order valence-electron chi connectivity index (χ3n) is 3.67. The molecule has 116 valence electrons. The molecule has 0 aliphatic heterocycles. The standard InChI is InChI=1S/C19H14F3N/c1-23-19-17(13-4-8-16(21)9-5-13)10-14(11-18(19)22)12-2-6-15(20)7-3-12/h2-11,23H,1H3. The van der Waals surface area contributed by atoms with E-state index in [-0.39, 0.29) is 11.6 Å². The van der Waals surface area contributed by atoms with Gasteiger partial charge in [0.15, 0.2) is 0 Å². The van der Waals surface area contributed by atoms with Gasteiger partial charge in [0, 0.05) is 12.6 Å². The summed E-state index contributed by atoms with van der Waals surface area (Å²) in [5.41, 5.74) is 2.98. The molecule has 0 bridgehead atoms. The highest BCUT2D eigenvalue weighted by Gasteiger charge is 2.13. The molecule has 0 unspecified atom stereocenters. The Morgan fingerprint density at radius 2 is 1.17 bits per heavy atom. The predicted octanol–water partition coefficient (Wildman–Crippen LogP) is 5.48. The first-order valence-corrected chi connectivity index (χ1v) is 7.11. The molecule has 23 heavy (non-hydrogen) atoms. The molecule has 1 N–H and O–H groups in total. The van der Waals surface area contributed by atoms with Gasteiger partial charge in [-0.15, -0.1) is 0 Å². The van der Waals surface area contributed by atoms with Crippen LogP contribution in [0.5, 0.6) is 0 Å².